The maximum atomic E-state index is 13.6. The minimum Gasteiger partial charge on any atom is -0.352 e. The molecule has 2 aromatic carbocycles. The molecule has 4 N–H and O–H groups in total. The fourth-order valence-electron chi connectivity index (χ4n) is 5.47. The smallest absolute Gasteiger partial charge is 0.251 e. The van der Waals surface area contributed by atoms with Gasteiger partial charge in [0.05, 0.1) is 23.8 Å². The lowest BCUT2D eigenvalue weighted by Crippen LogP contribution is -2.36. The first-order valence-electron chi connectivity index (χ1n) is 13.2. The van der Waals surface area contributed by atoms with Gasteiger partial charge in [0, 0.05) is 18.5 Å². The predicted octanol–water partition coefficient (Wildman–Crippen LogP) is 4.78. The van der Waals surface area contributed by atoms with Crippen molar-refractivity contribution in [2.24, 2.45) is 23.5 Å². The summed E-state index contributed by atoms with van der Waals surface area (Å²) in [5.74, 6) is 0.0275. The van der Waals surface area contributed by atoms with Crippen LogP contribution in [0.25, 0.3) is 0 Å². The summed E-state index contributed by atoms with van der Waals surface area (Å²) in [6.45, 7) is 5.19. The van der Waals surface area contributed by atoms with Crippen LogP contribution < -0.4 is 21.3 Å². The minimum absolute atomic E-state index is 0.0235. The number of nitrogens with zero attached hydrogens (tertiary/aromatic N) is 1. The number of carbonyl (C=O) groups excluding carboxylic acids is 3. The standard InChI is InChI=1S/C29H37FN4O3/c1-18(2)12-28(36)34-25-11-8-22(29(37)32-17-20-5-3-4-19(13-20)16-31)14-24(25)33-27(35)15-26(34)21-6-9-23(30)10-7-21/h6-11,14,18-20,26H,3-5,12-13,15-17,31H2,1-2H3,(H,32,37)(H,33,35). The number of hydrogen-bond acceptors (Lipinski definition) is 4. The highest BCUT2D eigenvalue weighted by molar-refractivity contribution is 6.06. The van der Waals surface area contributed by atoms with E-state index in [1.54, 1.807) is 35.2 Å². The Bertz CT molecular complexity index is 1130. The number of carbonyl (C=O) groups is 3. The maximum absolute atomic E-state index is 13.6. The number of amides is 3. The van der Waals surface area contributed by atoms with E-state index >= 15 is 0 Å². The molecule has 2 aliphatic rings. The molecular weight excluding hydrogens is 471 g/mol. The molecule has 3 unspecified atom stereocenters. The van der Waals surface area contributed by atoms with Gasteiger partial charge < -0.3 is 21.3 Å². The number of nitrogens with two attached hydrogens (primary N) is 1. The fraction of sp³-hybridized carbons (Fsp3) is 0.483. The second-order valence-electron chi connectivity index (χ2n) is 10.8. The van der Waals surface area contributed by atoms with Crippen LogP contribution in [-0.4, -0.2) is 30.8 Å². The Morgan fingerprint density at radius 1 is 1.14 bits per heavy atom. The van der Waals surface area contributed by atoms with Crippen molar-refractivity contribution in [2.75, 3.05) is 23.3 Å². The second kappa shape index (κ2) is 11.9. The average Bonchev–Trinajstić information content (AvgIpc) is 3.02. The van der Waals surface area contributed by atoms with E-state index in [4.69, 9.17) is 5.73 Å². The van der Waals surface area contributed by atoms with Gasteiger partial charge >= 0.3 is 0 Å². The highest BCUT2D eigenvalue weighted by Crippen LogP contribution is 2.39. The molecule has 0 aromatic heterocycles. The second-order valence-corrected chi connectivity index (χ2v) is 10.8. The number of fused-ring (bicyclic) bond motifs is 1. The zero-order valence-electron chi connectivity index (χ0n) is 21.6. The van der Waals surface area contributed by atoms with E-state index in [-0.39, 0.29) is 35.9 Å². The summed E-state index contributed by atoms with van der Waals surface area (Å²) in [4.78, 5) is 41.0. The van der Waals surface area contributed by atoms with Crippen molar-refractivity contribution < 1.29 is 18.8 Å². The van der Waals surface area contributed by atoms with Crippen molar-refractivity contribution in [3.05, 3.63) is 59.4 Å². The van der Waals surface area contributed by atoms with Gasteiger partial charge in [-0.1, -0.05) is 32.4 Å². The molecule has 0 bridgehead atoms. The van der Waals surface area contributed by atoms with Gasteiger partial charge in [0.1, 0.15) is 5.82 Å². The van der Waals surface area contributed by atoms with Gasteiger partial charge in [-0.15, -0.1) is 0 Å². The third kappa shape index (κ3) is 6.55. The number of anilines is 2. The summed E-state index contributed by atoms with van der Waals surface area (Å²) in [5, 5.41) is 5.92. The molecule has 1 fully saturated rings. The Morgan fingerprint density at radius 2 is 1.86 bits per heavy atom. The zero-order valence-corrected chi connectivity index (χ0v) is 21.6. The van der Waals surface area contributed by atoms with Crippen LogP contribution >= 0.6 is 0 Å². The van der Waals surface area contributed by atoms with Gasteiger partial charge in [0.2, 0.25) is 11.8 Å². The number of hydrogen-bond donors (Lipinski definition) is 3. The average molecular weight is 509 g/mol. The van der Waals surface area contributed by atoms with E-state index in [1.165, 1.54) is 12.1 Å². The molecule has 0 saturated heterocycles. The molecule has 3 atom stereocenters. The van der Waals surface area contributed by atoms with Crippen molar-refractivity contribution in [3.63, 3.8) is 0 Å². The van der Waals surface area contributed by atoms with Crippen LogP contribution in [0.3, 0.4) is 0 Å². The molecule has 3 amide bonds. The summed E-state index contributed by atoms with van der Waals surface area (Å²) < 4.78 is 13.6. The van der Waals surface area contributed by atoms with E-state index in [2.05, 4.69) is 10.6 Å². The summed E-state index contributed by atoms with van der Waals surface area (Å²) in [6, 6.07) is 10.3. The SMILES string of the molecule is CC(C)CC(=O)N1c2ccc(C(=O)NCC3CCCC(CN)C3)cc2NC(=O)CC1c1ccc(F)cc1. The zero-order chi connectivity index (χ0) is 26.5. The van der Waals surface area contributed by atoms with Crippen LogP contribution in [0, 0.1) is 23.6 Å². The monoisotopic (exact) mass is 508 g/mol. The summed E-state index contributed by atoms with van der Waals surface area (Å²) in [7, 11) is 0. The predicted molar refractivity (Wildman–Crippen MR) is 143 cm³/mol. The Balaban J connectivity index is 1.60. The number of nitrogens with one attached hydrogen (secondary N) is 2. The van der Waals surface area contributed by atoms with Crippen molar-refractivity contribution in [2.45, 2.75) is 58.4 Å². The molecule has 1 saturated carbocycles. The molecule has 8 heteroatoms. The van der Waals surface area contributed by atoms with Crippen LogP contribution in [0.4, 0.5) is 15.8 Å². The summed E-state index contributed by atoms with van der Waals surface area (Å²) >= 11 is 0. The minimum atomic E-state index is -0.588. The third-order valence-corrected chi connectivity index (χ3v) is 7.37. The van der Waals surface area contributed by atoms with Crippen LogP contribution in [-0.2, 0) is 9.59 Å². The largest absolute Gasteiger partial charge is 0.352 e. The molecule has 1 heterocycles. The maximum Gasteiger partial charge on any atom is 0.251 e. The molecule has 0 radical (unpaired) electrons. The van der Waals surface area contributed by atoms with Crippen LogP contribution in [0.5, 0.6) is 0 Å². The lowest BCUT2D eigenvalue weighted by atomic mass is 9.81. The van der Waals surface area contributed by atoms with Crippen LogP contribution in [0.2, 0.25) is 0 Å². The van der Waals surface area contributed by atoms with Gasteiger partial charge in [-0.3, -0.25) is 14.4 Å². The quantitative estimate of drug-likeness (QED) is 0.500. The molecule has 198 valence electrons. The van der Waals surface area contributed by atoms with Crippen molar-refractivity contribution in [3.8, 4) is 0 Å². The number of rotatable bonds is 7. The lowest BCUT2D eigenvalue weighted by Gasteiger charge is -2.31. The van der Waals surface area contributed by atoms with Gasteiger partial charge in [-0.25, -0.2) is 4.39 Å². The fourth-order valence-corrected chi connectivity index (χ4v) is 5.47. The molecule has 1 aliphatic heterocycles. The highest BCUT2D eigenvalue weighted by atomic mass is 19.1. The summed E-state index contributed by atoms with van der Waals surface area (Å²) in [5.41, 5.74) is 7.88. The van der Waals surface area contributed by atoms with Gasteiger partial charge in [-0.2, -0.15) is 0 Å². The first-order valence-corrected chi connectivity index (χ1v) is 13.2. The molecule has 4 rings (SSSR count). The van der Waals surface area contributed by atoms with Crippen molar-refractivity contribution >= 4 is 29.1 Å². The Morgan fingerprint density at radius 3 is 2.57 bits per heavy atom. The third-order valence-electron chi connectivity index (χ3n) is 7.37. The molecular formula is C29H37FN4O3. The van der Waals surface area contributed by atoms with Gasteiger partial charge in [-0.05, 0) is 79.5 Å². The molecule has 2 aromatic rings. The Hall–Kier alpha value is -3.26. The van der Waals surface area contributed by atoms with E-state index in [0.29, 0.717) is 53.8 Å². The van der Waals surface area contributed by atoms with E-state index in [1.807, 2.05) is 13.8 Å². The van der Waals surface area contributed by atoms with Crippen molar-refractivity contribution in [1.82, 2.24) is 5.32 Å². The Labute approximate surface area is 218 Å². The topological polar surface area (TPSA) is 105 Å². The number of benzene rings is 2. The van der Waals surface area contributed by atoms with Gasteiger partial charge in [0.25, 0.3) is 5.91 Å². The lowest BCUT2D eigenvalue weighted by molar-refractivity contribution is -0.120. The molecule has 37 heavy (non-hydrogen) atoms. The highest BCUT2D eigenvalue weighted by Gasteiger charge is 2.34. The van der Waals surface area contributed by atoms with E-state index in [9.17, 15) is 18.8 Å². The first-order chi connectivity index (χ1) is 17.7. The van der Waals surface area contributed by atoms with Crippen molar-refractivity contribution in [1.29, 1.82) is 0 Å². The van der Waals surface area contributed by atoms with Crippen LogP contribution in [0.1, 0.15) is 74.3 Å². The molecule has 1 aliphatic carbocycles. The van der Waals surface area contributed by atoms with E-state index < -0.39 is 6.04 Å². The molecule has 0 spiro atoms. The van der Waals surface area contributed by atoms with Gasteiger partial charge in [0.15, 0.2) is 0 Å². The number of halogens is 1. The normalized spacial score (nSPS) is 21.7. The summed E-state index contributed by atoms with van der Waals surface area (Å²) in [6.07, 6.45) is 4.69. The van der Waals surface area contributed by atoms with Crippen LogP contribution in [0.15, 0.2) is 42.5 Å². The van der Waals surface area contributed by atoms with E-state index in [0.717, 1.165) is 25.7 Å². The molecule has 7 nitrogen and oxygen atoms in total. The Kier molecular flexibility index (Phi) is 8.59. The first kappa shape index (κ1) is 26.8.